The minimum Gasteiger partial charge on any atom is -0.445 e. The van der Waals surface area contributed by atoms with Crippen LogP contribution in [-0.4, -0.2) is 11.5 Å². The molecule has 3 nitrogen and oxygen atoms in total. The van der Waals surface area contributed by atoms with Crippen LogP contribution in [-0.2, 0) is 6.42 Å². The van der Waals surface area contributed by atoms with Gasteiger partial charge in [0.25, 0.3) is 0 Å². The van der Waals surface area contributed by atoms with Crippen LogP contribution in [0.4, 0.5) is 0 Å². The number of rotatable bonds is 3. The lowest BCUT2D eigenvalue weighted by Gasteiger charge is -1.96. The number of nitrogens with zero attached hydrogens (tertiary/aromatic N) is 1. The Morgan fingerprint density at radius 3 is 2.62 bits per heavy atom. The predicted octanol–water partition coefficient (Wildman–Crippen LogP) is 2.80. The molecule has 0 fully saturated rings. The Bertz CT molecular complexity index is 476. The summed E-state index contributed by atoms with van der Waals surface area (Å²) in [6.45, 7) is 2.44. The minimum atomic E-state index is 0.542. The fourth-order valence-electron chi connectivity index (χ4n) is 1.56. The zero-order valence-electron chi connectivity index (χ0n) is 9.03. The zero-order valence-corrected chi connectivity index (χ0v) is 9.79. The number of hydrogen-bond acceptors (Lipinski definition) is 3. The van der Waals surface area contributed by atoms with Crippen LogP contribution in [0.15, 0.2) is 28.7 Å². The van der Waals surface area contributed by atoms with Crippen molar-refractivity contribution < 1.29 is 4.42 Å². The molecule has 1 heterocycles. The number of aryl methyl sites for hydroxylation is 1. The zero-order chi connectivity index (χ0) is 11.5. The molecule has 0 saturated heterocycles. The number of benzene rings is 1. The number of oxazole rings is 1. The molecule has 0 unspecified atom stereocenters. The van der Waals surface area contributed by atoms with E-state index in [2.05, 4.69) is 4.98 Å². The highest BCUT2D eigenvalue weighted by Crippen LogP contribution is 2.24. The van der Waals surface area contributed by atoms with Crippen molar-refractivity contribution in [3.05, 3.63) is 40.9 Å². The van der Waals surface area contributed by atoms with E-state index in [0.29, 0.717) is 23.9 Å². The summed E-state index contributed by atoms with van der Waals surface area (Å²) in [4.78, 5) is 4.41. The molecule has 0 atom stereocenters. The van der Waals surface area contributed by atoms with E-state index in [1.54, 1.807) is 0 Å². The molecule has 84 valence electrons. The molecule has 0 aliphatic rings. The first kappa shape index (κ1) is 11.2. The number of nitrogens with two attached hydrogens (primary N) is 1. The molecular formula is C12H13ClN2O. The third kappa shape index (κ3) is 2.26. The summed E-state index contributed by atoms with van der Waals surface area (Å²) in [6, 6.07) is 7.54. The maximum atomic E-state index is 5.83. The Balaban J connectivity index is 2.36. The van der Waals surface area contributed by atoms with E-state index in [9.17, 15) is 0 Å². The van der Waals surface area contributed by atoms with Crippen molar-refractivity contribution in [1.82, 2.24) is 4.98 Å². The molecule has 4 heteroatoms. The highest BCUT2D eigenvalue weighted by Gasteiger charge is 2.10. The van der Waals surface area contributed by atoms with Gasteiger partial charge in [-0.25, -0.2) is 4.98 Å². The molecular weight excluding hydrogens is 224 g/mol. The van der Waals surface area contributed by atoms with Crippen molar-refractivity contribution in [2.24, 2.45) is 5.73 Å². The van der Waals surface area contributed by atoms with E-state index in [1.807, 2.05) is 31.2 Å². The van der Waals surface area contributed by atoms with Gasteiger partial charge in [-0.2, -0.15) is 0 Å². The maximum Gasteiger partial charge on any atom is 0.196 e. The lowest BCUT2D eigenvalue weighted by molar-refractivity contribution is 0.473. The van der Waals surface area contributed by atoms with Crippen molar-refractivity contribution in [3.63, 3.8) is 0 Å². The average Bonchev–Trinajstić information content (AvgIpc) is 2.61. The van der Waals surface area contributed by atoms with Gasteiger partial charge < -0.3 is 10.2 Å². The molecule has 0 saturated carbocycles. The summed E-state index contributed by atoms with van der Waals surface area (Å²) in [5.41, 5.74) is 7.33. The smallest absolute Gasteiger partial charge is 0.196 e. The van der Waals surface area contributed by atoms with E-state index in [1.165, 1.54) is 0 Å². The van der Waals surface area contributed by atoms with Crippen LogP contribution >= 0.6 is 11.6 Å². The maximum absolute atomic E-state index is 5.83. The molecule has 0 spiro atoms. The van der Waals surface area contributed by atoms with Crippen LogP contribution in [0.3, 0.4) is 0 Å². The van der Waals surface area contributed by atoms with Gasteiger partial charge in [0.05, 0.1) is 0 Å². The van der Waals surface area contributed by atoms with E-state index >= 15 is 0 Å². The highest BCUT2D eigenvalue weighted by atomic mass is 35.5. The number of aromatic nitrogens is 1. The summed E-state index contributed by atoms with van der Waals surface area (Å²) in [5, 5.41) is 0.715. The Hall–Kier alpha value is -1.32. The van der Waals surface area contributed by atoms with Crippen LogP contribution in [0.2, 0.25) is 5.02 Å². The molecule has 1 aromatic carbocycles. The van der Waals surface area contributed by atoms with Crippen molar-refractivity contribution in [3.8, 4) is 11.3 Å². The van der Waals surface area contributed by atoms with Gasteiger partial charge in [-0.3, -0.25) is 0 Å². The monoisotopic (exact) mass is 236 g/mol. The topological polar surface area (TPSA) is 52.0 Å². The minimum absolute atomic E-state index is 0.542. The Labute approximate surface area is 99.2 Å². The van der Waals surface area contributed by atoms with E-state index < -0.39 is 0 Å². The van der Waals surface area contributed by atoms with Gasteiger partial charge in [0.2, 0.25) is 0 Å². The second-order valence-electron chi connectivity index (χ2n) is 3.56. The second-order valence-corrected chi connectivity index (χ2v) is 3.99. The number of hydrogen-bond donors (Lipinski definition) is 1. The quantitative estimate of drug-likeness (QED) is 0.892. The van der Waals surface area contributed by atoms with Crippen LogP contribution in [0.5, 0.6) is 0 Å². The average molecular weight is 237 g/mol. The van der Waals surface area contributed by atoms with E-state index in [4.69, 9.17) is 21.8 Å². The second kappa shape index (κ2) is 4.68. The standard InChI is InChI=1S/C12H13ClN2O/c1-8-12(15-11(16-8)6-7-14)9-2-4-10(13)5-3-9/h2-5H,6-7,14H2,1H3. The van der Waals surface area contributed by atoms with Gasteiger partial charge in [0, 0.05) is 23.6 Å². The van der Waals surface area contributed by atoms with Crippen LogP contribution in [0.25, 0.3) is 11.3 Å². The van der Waals surface area contributed by atoms with Gasteiger partial charge in [0.1, 0.15) is 11.5 Å². The van der Waals surface area contributed by atoms with Gasteiger partial charge in [0.15, 0.2) is 5.89 Å². The van der Waals surface area contributed by atoms with Crippen LogP contribution in [0, 0.1) is 6.92 Å². The molecule has 2 N–H and O–H groups in total. The number of halogens is 1. The van der Waals surface area contributed by atoms with Crippen molar-refractivity contribution in [2.45, 2.75) is 13.3 Å². The largest absolute Gasteiger partial charge is 0.445 e. The van der Waals surface area contributed by atoms with Gasteiger partial charge in [-0.15, -0.1) is 0 Å². The third-order valence-electron chi connectivity index (χ3n) is 2.32. The molecule has 16 heavy (non-hydrogen) atoms. The first-order valence-electron chi connectivity index (χ1n) is 5.13. The van der Waals surface area contributed by atoms with E-state index in [-0.39, 0.29) is 0 Å². The fourth-order valence-corrected chi connectivity index (χ4v) is 1.68. The lowest BCUT2D eigenvalue weighted by atomic mass is 10.1. The fraction of sp³-hybridized carbons (Fsp3) is 0.250. The summed E-state index contributed by atoms with van der Waals surface area (Å²) < 4.78 is 5.52. The normalized spacial score (nSPS) is 10.7. The molecule has 2 aromatic rings. The SMILES string of the molecule is Cc1oc(CCN)nc1-c1ccc(Cl)cc1. The molecule has 1 aromatic heterocycles. The molecule has 0 bridgehead atoms. The third-order valence-corrected chi connectivity index (χ3v) is 2.57. The molecule has 0 amide bonds. The molecule has 0 aliphatic carbocycles. The van der Waals surface area contributed by atoms with Crippen LogP contribution < -0.4 is 5.73 Å². The summed E-state index contributed by atoms with van der Waals surface area (Å²) in [7, 11) is 0. The lowest BCUT2D eigenvalue weighted by Crippen LogP contribution is -2.02. The van der Waals surface area contributed by atoms with Gasteiger partial charge >= 0.3 is 0 Å². The molecule has 2 rings (SSSR count). The van der Waals surface area contributed by atoms with Crippen molar-refractivity contribution in [2.75, 3.05) is 6.54 Å². The first-order chi connectivity index (χ1) is 7.70. The first-order valence-corrected chi connectivity index (χ1v) is 5.51. The Morgan fingerprint density at radius 1 is 1.31 bits per heavy atom. The summed E-state index contributed by atoms with van der Waals surface area (Å²) in [5.74, 6) is 1.50. The van der Waals surface area contributed by atoms with Gasteiger partial charge in [-0.1, -0.05) is 23.7 Å². The van der Waals surface area contributed by atoms with Crippen molar-refractivity contribution in [1.29, 1.82) is 0 Å². The van der Waals surface area contributed by atoms with Gasteiger partial charge in [-0.05, 0) is 19.1 Å². The predicted molar refractivity (Wildman–Crippen MR) is 64.4 cm³/mol. The summed E-state index contributed by atoms with van der Waals surface area (Å²) in [6.07, 6.45) is 0.661. The summed E-state index contributed by atoms with van der Waals surface area (Å²) >= 11 is 5.83. The molecule has 0 aliphatic heterocycles. The molecule has 0 radical (unpaired) electrons. The van der Waals surface area contributed by atoms with Crippen molar-refractivity contribution >= 4 is 11.6 Å². The van der Waals surface area contributed by atoms with E-state index in [0.717, 1.165) is 17.0 Å². The Morgan fingerprint density at radius 2 is 2.00 bits per heavy atom. The Kier molecular flexibility index (Phi) is 3.27. The highest BCUT2D eigenvalue weighted by molar-refractivity contribution is 6.30. The van der Waals surface area contributed by atoms with Crippen LogP contribution in [0.1, 0.15) is 11.7 Å².